The van der Waals surface area contributed by atoms with E-state index in [-0.39, 0.29) is 32.0 Å². The Balaban J connectivity index is 0.00000392. The van der Waals surface area contributed by atoms with Crippen molar-refractivity contribution in [1.82, 2.24) is 10.2 Å². The van der Waals surface area contributed by atoms with E-state index in [1.54, 1.807) is 24.3 Å². The number of hydrogen-bond acceptors (Lipinski definition) is 5. The monoisotopic (exact) mass is 412 g/mol. The predicted octanol–water partition coefficient (Wildman–Crippen LogP) is 2.94. The summed E-state index contributed by atoms with van der Waals surface area (Å²) in [5.41, 5.74) is 6.98. The van der Waals surface area contributed by atoms with E-state index in [1.807, 2.05) is 13.0 Å². The maximum Gasteiger partial charge on any atom is 0.408 e. The lowest BCUT2D eigenvalue weighted by Gasteiger charge is -2.26. The first kappa shape index (κ1) is 23.5. The summed E-state index contributed by atoms with van der Waals surface area (Å²) in [6.45, 7) is 1.81. The number of nitrogens with one attached hydrogen (secondary N) is 1. The second kappa shape index (κ2) is 11.3. The largest absolute Gasteiger partial charge is 0.445 e. The van der Waals surface area contributed by atoms with Crippen molar-refractivity contribution >= 4 is 30.1 Å². The number of unbranched alkanes of at least 4 members (excludes halogenated alkanes) is 1. The zero-order valence-corrected chi connectivity index (χ0v) is 16.6. The minimum Gasteiger partial charge on any atom is -0.445 e. The smallest absolute Gasteiger partial charge is 0.408 e. The van der Waals surface area contributed by atoms with Gasteiger partial charge in [-0.25, -0.2) is 9.18 Å². The molecule has 0 aromatic heterocycles. The lowest BCUT2D eigenvalue weighted by Crippen LogP contribution is -2.50. The molecular weight excluding hydrogens is 387 g/mol. The number of nitrogens with two attached hydrogens (primary N) is 1. The van der Waals surface area contributed by atoms with Gasteiger partial charge in [-0.3, -0.25) is 4.79 Å². The normalized spacial score (nSPS) is 19.2. The Kier molecular flexibility index (Phi) is 9.52. The minimum absolute atomic E-state index is 0. The van der Waals surface area contributed by atoms with Crippen molar-refractivity contribution < 1.29 is 18.7 Å². The van der Waals surface area contributed by atoms with Crippen LogP contribution in [0.2, 0.25) is 0 Å². The van der Waals surface area contributed by atoms with Gasteiger partial charge in [-0.05, 0) is 12.5 Å². The van der Waals surface area contributed by atoms with Crippen LogP contribution in [0.5, 0.6) is 0 Å². The van der Waals surface area contributed by atoms with Gasteiger partial charge in [-0.15, -0.1) is 12.4 Å². The van der Waals surface area contributed by atoms with Gasteiger partial charge >= 0.3 is 6.09 Å². The van der Waals surface area contributed by atoms with Gasteiger partial charge in [0.05, 0.1) is 12.6 Å². The molecule has 0 bridgehead atoms. The molecule has 2 amide bonds. The van der Waals surface area contributed by atoms with Crippen LogP contribution in [-0.4, -0.2) is 41.7 Å². The lowest BCUT2D eigenvalue weighted by atomic mass is 10.1. The van der Waals surface area contributed by atoms with Crippen LogP contribution in [0.4, 0.5) is 14.9 Å². The summed E-state index contributed by atoms with van der Waals surface area (Å²) in [6, 6.07) is 7.29. The Bertz CT molecular complexity index is 713. The summed E-state index contributed by atoms with van der Waals surface area (Å²) >= 11 is 0. The van der Waals surface area contributed by atoms with Crippen molar-refractivity contribution in [3.8, 4) is 6.07 Å². The first-order valence-corrected chi connectivity index (χ1v) is 9.07. The number of carbonyl (C=O) groups excluding carboxylic acids is 2. The number of carbonyl (C=O) groups is 2. The number of hydrogen-bond donors (Lipinski definition) is 2. The molecule has 1 aromatic carbocycles. The maximum atomic E-state index is 13.6. The van der Waals surface area contributed by atoms with E-state index < -0.39 is 30.3 Å². The van der Waals surface area contributed by atoms with Crippen LogP contribution in [0.25, 0.3) is 0 Å². The number of nitrogens with zero attached hydrogens (tertiary/aromatic N) is 2. The van der Waals surface area contributed by atoms with Gasteiger partial charge in [0.2, 0.25) is 5.91 Å². The number of nitriles is 1. The molecule has 0 radical (unpaired) electrons. The van der Waals surface area contributed by atoms with E-state index >= 15 is 0 Å². The molecule has 3 N–H and O–H groups in total. The first-order valence-electron chi connectivity index (χ1n) is 9.07. The number of halogens is 2. The van der Waals surface area contributed by atoms with Gasteiger partial charge in [0.1, 0.15) is 24.9 Å². The Labute approximate surface area is 170 Å². The van der Waals surface area contributed by atoms with Crippen LogP contribution in [0.15, 0.2) is 24.3 Å². The van der Waals surface area contributed by atoms with Gasteiger partial charge in [0.15, 0.2) is 0 Å². The van der Waals surface area contributed by atoms with Gasteiger partial charge in [0.25, 0.3) is 0 Å². The molecule has 1 aromatic rings. The summed E-state index contributed by atoms with van der Waals surface area (Å²) in [5.74, 6) is -0.452. The van der Waals surface area contributed by atoms with E-state index in [9.17, 15) is 14.0 Å². The fraction of sp³-hybridized carbons (Fsp3) is 0.526. The summed E-state index contributed by atoms with van der Waals surface area (Å²) in [4.78, 5) is 26.1. The Morgan fingerprint density at radius 3 is 2.82 bits per heavy atom. The number of para-hydroxylation sites is 1. The maximum absolute atomic E-state index is 13.6. The zero-order chi connectivity index (χ0) is 19.8. The highest BCUT2D eigenvalue weighted by atomic mass is 35.5. The van der Waals surface area contributed by atoms with Crippen molar-refractivity contribution in [3.63, 3.8) is 0 Å². The Morgan fingerprint density at radius 2 is 2.18 bits per heavy atom. The number of rotatable bonds is 7. The van der Waals surface area contributed by atoms with Crippen molar-refractivity contribution in [2.24, 2.45) is 0 Å². The quantitative estimate of drug-likeness (QED) is 0.669. The topological polar surface area (TPSA) is 108 Å². The number of benzene rings is 1. The zero-order valence-electron chi connectivity index (χ0n) is 15.8. The van der Waals surface area contributed by atoms with Gasteiger partial charge in [0, 0.05) is 17.7 Å². The van der Waals surface area contributed by atoms with Crippen LogP contribution in [0.3, 0.4) is 0 Å². The van der Waals surface area contributed by atoms with Crippen LogP contribution in [0, 0.1) is 11.3 Å². The molecule has 0 aliphatic carbocycles. The number of amides is 2. The third-order valence-corrected chi connectivity index (χ3v) is 4.53. The van der Waals surface area contributed by atoms with E-state index in [4.69, 9.17) is 15.7 Å². The van der Waals surface area contributed by atoms with Crippen molar-refractivity contribution in [2.45, 2.75) is 57.5 Å². The molecule has 9 heteroatoms. The fourth-order valence-electron chi connectivity index (χ4n) is 3.01. The van der Waals surface area contributed by atoms with Crippen LogP contribution >= 0.6 is 12.4 Å². The molecule has 1 aliphatic rings. The van der Waals surface area contributed by atoms with Crippen molar-refractivity contribution in [3.05, 3.63) is 29.8 Å². The summed E-state index contributed by atoms with van der Waals surface area (Å²) in [5, 5.41) is 11.7. The fourth-order valence-corrected chi connectivity index (χ4v) is 3.01. The average molecular weight is 413 g/mol. The number of nitrogen functional groups attached to an aromatic ring is 1. The molecule has 0 spiro atoms. The van der Waals surface area contributed by atoms with Gasteiger partial charge in [-0.1, -0.05) is 38.0 Å². The molecule has 2 rings (SSSR count). The number of anilines is 1. The molecular formula is C19H26ClFN4O3. The minimum atomic E-state index is -1.22. The van der Waals surface area contributed by atoms with Crippen LogP contribution in [0.1, 0.15) is 38.2 Å². The van der Waals surface area contributed by atoms with Crippen LogP contribution < -0.4 is 11.1 Å². The molecule has 1 heterocycles. The molecule has 1 saturated heterocycles. The van der Waals surface area contributed by atoms with Gasteiger partial charge < -0.3 is 20.7 Å². The molecule has 3 atom stereocenters. The molecule has 1 aliphatic heterocycles. The number of likely N-dealkylation sites (tertiary alicyclic amines) is 1. The SMILES string of the molecule is CCCCC(NC(=O)OCc1ccccc1N)C(=O)N1C[C@@H](F)C[C@H]1C#N.Cl. The molecule has 28 heavy (non-hydrogen) atoms. The number of alkyl carbamates (subject to hydrolysis) is 1. The first-order chi connectivity index (χ1) is 13.0. The Hall–Kier alpha value is -2.53. The molecule has 0 saturated carbocycles. The number of ether oxygens (including phenoxy) is 1. The lowest BCUT2D eigenvalue weighted by molar-refractivity contribution is -0.133. The summed E-state index contributed by atoms with van der Waals surface area (Å²) in [7, 11) is 0. The molecule has 1 unspecified atom stereocenters. The second-order valence-electron chi connectivity index (χ2n) is 6.58. The predicted molar refractivity (Wildman–Crippen MR) is 105 cm³/mol. The van der Waals surface area contributed by atoms with Crippen LogP contribution in [-0.2, 0) is 16.1 Å². The standard InChI is InChI=1S/C19H25FN4O3.ClH/c1-2-3-8-17(18(25)24-11-14(20)9-15(24)10-21)23-19(26)27-12-13-6-4-5-7-16(13)22;/h4-7,14-15,17H,2-3,8-9,11-12,22H2,1H3,(H,23,26);1H/t14-,15-,17?;/m0./s1. The average Bonchev–Trinajstić information content (AvgIpc) is 3.04. The highest BCUT2D eigenvalue weighted by Crippen LogP contribution is 2.22. The Morgan fingerprint density at radius 1 is 1.46 bits per heavy atom. The van der Waals surface area contributed by atoms with Crippen molar-refractivity contribution in [1.29, 1.82) is 5.26 Å². The van der Waals surface area contributed by atoms with E-state index in [1.165, 1.54) is 4.90 Å². The van der Waals surface area contributed by atoms with E-state index in [0.717, 1.165) is 6.42 Å². The molecule has 7 nitrogen and oxygen atoms in total. The second-order valence-corrected chi connectivity index (χ2v) is 6.58. The van der Waals surface area contributed by atoms with Crippen molar-refractivity contribution in [2.75, 3.05) is 12.3 Å². The highest BCUT2D eigenvalue weighted by molar-refractivity contribution is 5.86. The third kappa shape index (κ3) is 6.27. The number of alkyl halides is 1. The van der Waals surface area contributed by atoms with Gasteiger partial charge in [-0.2, -0.15) is 5.26 Å². The van der Waals surface area contributed by atoms with E-state index in [2.05, 4.69) is 5.32 Å². The van der Waals surface area contributed by atoms with E-state index in [0.29, 0.717) is 24.1 Å². The summed E-state index contributed by atoms with van der Waals surface area (Å²) in [6.07, 6.45) is -0.0547. The third-order valence-electron chi connectivity index (χ3n) is 4.53. The highest BCUT2D eigenvalue weighted by Gasteiger charge is 2.38. The molecule has 154 valence electrons. The molecule has 1 fully saturated rings. The summed E-state index contributed by atoms with van der Waals surface area (Å²) < 4.78 is 18.8.